The molecular weight excluding hydrogens is 394 g/mol. The zero-order valence-corrected chi connectivity index (χ0v) is 18.0. The van der Waals surface area contributed by atoms with Gasteiger partial charge in [-0.15, -0.1) is 0 Å². The van der Waals surface area contributed by atoms with Crippen molar-refractivity contribution in [2.75, 3.05) is 14.2 Å². The summed E-state index contributed by atoms with van der Waals surface area (Å²) in [7, 11) is 4.93. The van der Waals surface area contributed by atoms with Crippen LogP contribution < -0.4 is 19.9 Å². The number of aromatic amines is 1. The first-order chi connectivity index (χ1) is 15.0. The van der Waals surface area contributed by atoms with E-state index < -0.39 is 0 Å². The highest BCUT2D eigenvalue weighted by molar-refractivity contribution is 5.66. The van der Waals surface area contributed by atoms with Crippen molar-refractivity contribution >= 4 is 0 Å². The summed E-state index contributed by atoms with van der Waals surface area (Å²) >= 11 is 0. The van der Waals surface area contributed by atoms with Gasteiger partial charge in [0.2, 0.25) is 0 Å². The topological polar surface area (TPSA) is 70.4 Å². The molecule has 31 heavy (non-hydrogen) atoms. The lowest BCUT2D eigenvalue weighted by molar-refractivity contribution is 0.293. The van der Waals surface area contributed by atoms with Crippen molar-refractivity contribution in [3.8, 4) is 34.1 Å². The summed E-state index contributed by atoms with van der Waals surface area (Å²) in [5.74, 6) is 2.24. The SMILES string of the molecule is COc1ccc(-c2ccc(C)c(OCc3c(OC)cccc3-n3[nH]n(C)c3=O)c2)cc1. The summed E-state index contributed by atoms with van der Waals surface area (Å²) in [6.45, 7) is 2.26. The van der Waals surface area contributed by atoms with Gasteiger partial charge >= 0.3 is 5.69 Å². The molecule has 7 heteroatoms. The third kappa shape index (κ3) is 3.94. The fourth-order valence-electron chi connectivity index (χ4n) is 3.47. The van der Waals surface area contributed by atoms with E-state index in [-0.39, 0.29) is 12.3 Å². The lowest BCUT2D eigenvalue weighted by atomic mass is 10.0. The molecule has 0 bridgehead atoms. The maximum Gasteiger partial charge on any atom is 0.364 e. The Bertz CT molecular complexity index is 1250. The minimum absolute atomic E-state index is 0.146. The number of hydrogen-bond acceptors (Lipinski definition) is 4. The van der Waals surface area contributed by atoms with Crippen LogP contribution in [-0.2, 0) is 13.7 Å². The van der Waals surface area contributed by atoms with Gasteiger partial charge in [-0.25, -0.2) is 14.7 Å². The summed E-state index contributed by atoms with van der Waals surface area (Å²) < 4.78 is 19.9. The summed E-state index contributed by atoms with van der Waals surface area (Å²) in [6.07, 6.45) is 0. The van der Waals surface area contributed by atoms with Gasteiger partial charge in [0.25, 0.3) is 0 Å². The zero-order chi connectivity index (χ0) is 22.0. The minimum Gasteiger partial charge on any atom is -0.497 e. The van der Waals surface area contributed by atoms with Crippen LogP contribution in [0.2, 0.25) is 0 Å². The van der Waals surface area contributed by atoms with E-state index in [9.17, 15) is 4.79 Å². The Morgan fingerprint density at radius 3 is 2.29 bits per heavy atom. The number of nitrogens with zero attached hydrogens (tertiary/aromatic N) is 2. The highest BCUT2D eigenvalue weighted by Gasteiger charge is 2.16. The quantitative estimate of drug-likeness (QED) is 0.490. The van der Waals surface area contributed by atoms with Gasteiger partial charge in [0.05, 0.1) is 25.5 Å². The van der Waals surface area contributed by atoms with Crippen molar-refractivity contribution in [1.82, 2.24) is 14.6 Å². The van der Waals surface area contributed by atoms with Crippen LogP contribution in [0.15, 0.2) is 65.5 Å². The standard InChI is InChI=1S/C24H25N3O4/c1-16-8-9-18(17-10-12-19(29-3)13-11-17)14-23(16)31-15-20-21(6-5-7-22(20)30-4)27-24(28)26(2)25-27/h5-14,25H,15H2,1-4H3. The first-order valence-electron chi connectivity index (χ1n) is 9.89. The summed E-state index contributed by atoms with van der Waals surface area (Å²) in [6, 6.07) is 19.6. The second-order valence-electron chi connectivity index (χ2n) is 7.23. The molecule has 7 nitrogen and oxygen atoms in total. The van der Waals surface area contributed by atoms with E-state index in [0.29, 0.717) is 11.4 Å². The number of hydrogen-bond donors (Lipinski definition) is 1. The maximum atomic E-state index is 12.2. The average molecular weight is 419 g/mol. The zero-order valence-electron chi connectivity index (χ0n) is 18.0. The van der Waals surface area contributed by atoms with Crippen LogP contribution >= 0.6 is 0 Å². The smallest absolute Gasteiger partial charge is 0.364 e. The maximum absolute atomic E-state index is 12.2. The van der Waals surface area contributed by atoms with Crippen LogP contribution in [0.1, 0.15) is 11.1 Å². The molecule has 1 heterocycles. The Labute approximate surface area is 180 Å². The monoisotopic (exact) mass is 419 g/mol. The normalized spacial score (nSPS) is 10.8. The number of rotatable bonds is 7. The van der Waals surface area contributed by atoms with Crippen LogP contribution in [0.4, 0.5) is 0 Å². The van der Waals surface area contributed by atoms with Crippen molar-refractivity contribution in [3.05, 3.63) is 82.3 Å². The van der Waals surface area contributed by atoms with E-state index in [4.69, 9.17) is 14.2 Å². The van der Waals surface area contributed by atoms with Crippen LogP contribution in [0, 0.1) is 6.92 Å². The number of aromatic nitrogens is 3. The molecule has 0 aliphatic carbocycles. The van der Waals surface area contributed by atoms with Crippen LogP contribution in [-0.4, -0.2) is 28.8 Å². The van der Waals surface area contributed by atoms with Gasteiger partial charge in [-0.1, -0.05) is 30.3 Å². The number of benzene rings is 3. The van der Waals surface area contributed by atoms with Crippen molar-refractivity contribution in [1.29, 1.82) is 0 Å². The van der Waals surface area contributed by atoms with Crippen LogP contribution in [0.5, 0.6) is 17.2 Å². The van der Waals surface area contributed by atoms with Gasteiger partial charge in [0.15, 0.2) is 0 Å². The molecule has 0 aliphatic rings. The second kappa shape index (κ2) is 8.47. The molecule has 160 valence electrons. The molecule has 0 aliphatic heterocycles. The first-order valence-corrected chi connectivity index (χ1v) is 9.89. The molecule has 0 radical (unpaired) electrons. The molecule has 1 aromatic heterocycles. The molecule has 0 spiro atoms. The Hall–Kier alpha value is -3.87. The average Bonchev–Trinajstić information content (AvgIpc) is 2.81. The van der Waals surface area contributed by atoms with Gasteiger partial charge < -0.3 is 14.2 Å². The van der Waals surface area contributed by atoms with Crippen molar-refractivity contribution in [2.45, 2.75) is 13.5 Å². The molecule has 3 aromatic carbocycles. The van der Waals surface area contributed by atoms with Gasteiger partial charge in [0, 0.05) is 7.05 Å². The molecule has 4 aromatic rings. The predicted molar refractivity (Wildman–Crippen MR) is 119 cm³/mol. The van der Waals surface area contributed by atoms with E-state index >= 15 is 0 Å². The molecule has 0 saturated heterocycles. The third-order valence-corrected chi connectivity index (χ3v) is 5.28. The third-order valence-electron chi connectivity index (χ3n) is 5.28. The van der Waals surface area contributed by atoms with Crippen molar-refractivity contribution < 1.29 is 14.2 Å². The number of H-pyrrole nitrogens is 1. The highest BCUT2D eigenvalue weighted by Crippen LogP contribution is 2.31. The molecule has 0 amide bonds. The highest BCUT2D eigenvalue weighted by atomic mass is 16.5. The molecule has 0 saturated carbocycles. The largest absolute Gasteiger partial charge is 0.497 e. The molecule has 0 fully saturated rings. The molecule has 4 rings (SSSR count). The summed E-state index contributed by atoms with van der Waals surface area (Å²) in [4.78, 5) is 12.2. The fourth-order valence-corrected chi connectivity index (χ4v) is 3.47. The van der Waals surface area contributed by atoms with E-state index in [1.807, 2.05) is 61.5 Å². The van der Waals surface area contributed by atoms with Crippen LogP contribution in [0.25, 0.3) is 16.8 Å². The van der Waals surface area contributed by atoms with Gasteiger partial charge in [-0.3, -0.25) is 0 Å². The van der Waals surface area contributed by atoms with Crippen molar-refractivity contribution in [2.24, 2.45) is 7.05 Å². The van der Waals surface area contributed by atoms with Gasteiger partial charge in [-0.2, -0.15) is 4.68 Å². The van der Waals surface area contributed by atoms with Crippen LogP contribution in [0.3, 0.4) is 0 Å². The lowest BCUT2D eigenvalue weighted by Gasteiger charge is -2.19. The van der Waals surface area contributed by atoms with Gasteiger partial charge in [0.1, 0.15) is 23.9 Å². The Morgan fingerprint density at radius 1 is 0.903 bits per heavy atom. The molecular formula is C24H25N3O4. The summed E-state index contributed by atoms with van der Waals surface area (Å²) in [5.41, 5.74) is 4.48. The predicted octanol–water partition coefficient (Wildman–Crippen LogP) is 4.08. The fraction of sp³-hybridized carbons (Fsp3) is 0.208. The number of aryl methyl sites for hydroxylation is 2. The van der Waals surface area contributed by atoms with E-state index in [1.165, 1.54) is 9.36 Å². The number of nitrogens with one attached hydrogen (secondary N) is 1. The summed E-state index contributed by atoms with van der Waals surface area (Å²) in [5, 5.41) is 2.95. The molecule has 1 N–H and O–H groups in total. The molecule has 0 unspecified atom stereocenters. The minimum atomic E-state index is -0.146. The first kappa shape index (κ1) is 20.4. The van der Waals surface area contributed by atoms with E-state index in [1.54, 1.807) is 21.3 Å². The lowest BCUT2D eigenvalue weighted by Crippen LogP contribution is -2.40. The second-order valence-corrected chi connectivity index (χ2v) is 7.23. The number of ether oxygens (including phenoxy) is 3. The number of methoxy groups -OCH3 is 2. The Morgan fingerprint density at radius 2 is 1.65 bits per heavy atom. The Balaban J connectivity index is 1.64. The van der Waals surface area contributed by atoms with Gasteiger partial charge in [-0.05, 0) is 53.9 Å². The van der Waals surface area contributed by atoms with E-state index in [2.05, 4.69) is 11.3 Å². The van der Waals surface area contributed by atoms with E-state index in [0.717, 1.165) is 33.8 Å². The Kier molecular flexibility index (Phi) is 5.58. The molecule has 0 atom stereocenters. The van der Waals surface area contributed by atoms with Crippen molar-refractivity contribution in [3.63, 3.8) is 0 Å².